The minimum Gasteiger partial charge on any atom is -0.385 e. The topological polar surface area (TPSA) is 101 Å². The summed E-state index contributed by atoms with van der Waals surface area (Å²) in [5.74, 6) is -0.431. The molecule has 3 rings (SSSR count). The molecule has 8 heteroatoms. The molecule has 8 nitrogen and oxygen atoms in total. The van der Waals surface area contributed by atoms with Gasteiger partial charge in [0.05, 0.1) is 10.9 Å². The van der Waals surface area contributed by atoms with E-state index in [2.05, 4.69) is 16.9 Å². The van der Waals surface area contributed by atoms with E-state index in [4.69, 9.17) is 10.1 Å². The van der Waals surface area contributed by atoms with Gasteiger partial charge in [-0.1, -0.05) is 12.1 Å². The first-order valence-electron chi connectivity index (χ1n) is 8.56. The summed E-state index contributed by atoms with van der Waals surface area (Å²) in [4.78, 5) is 30.0. The van der Waals surface area contributed by atoms with Crippen LogP contribution in [-0.4, -0.2) is 40.1 Å². The number of carbonyl (C=O) groups is 1. The quantitative estimate of drug-likeness (QED) is 0.371. The summed E-state index contributed by atoms with van der Waals surface area (Å²) >= 11 is 0. The molecule has 2 N–H and O–H groups in total. The van der Waals surface area contributed by atoms with Crippen LogP contribution in [0, 0.1) is 5.41 Å². The summed E-state index contributed by atoms with van der Waals surface area (Å²) in [6, 6.07) is 6.71. The number of pyridine rings is 2. The van der Waals surface area contributed by atoms with Gasteiger partial charge in [-0.05, 0) is 24.6 Å². The summed E-state index contributed by atoms with van der Waals surface area (Å²) in [5.41, 5.74) is 0.712. The van der Waals surface area contributed by atoms with Crippen LogP contribution >= 0.6 is 0 Å². The molecule has 0 bridgehead atoms. The molecule has 0 atom stereocenters. The number of nitrogens with one attached hydrogen (secondary N) is 2. The van der Waals surface area contributed by atoms with Gasteiger partial charge in [-0.15, -0.1) is 6.58 Å². The number of methoxy groups -OCH3 is 1. The van der Waals surface area contributed by atoms with E-state index in [0.29, 0.717) is 30.9 Å². The van der Waals surface area contributed by atoms with Gasteiger partial charge in [0.2, 0.25) is 0 Å². The lowest BCUT2D eigenvalue weighted by Gasteiger charge is -2.14. The highest BCUT2D eigenvalue weighted by Gasteiger charge is 2.17. The van der Waals surface area contributed by atoms with E-state index in [9.17, 15) is 9.59 Å². The van der Waals surface area contributed by atoms with Crippen LogP contribution in [0.25, 0.3) is 16.7 Å². The number of aryl methyl sites for hydroxylation is 1. The zero-order valence-corrected chi connectivity index (χ0v) is 15.1. The molecule has 140 valence electrons. The molecule has 0 aliphatic rings. The van der Waals surface area contributed by atoms with Crippen molar-refractivity contribution in [3.63, 3.8) is 0 Å². The Hall–Kier alpha value is -3.26. The van der Waals surface area contributed by atoms with Crippen molar-refractivity contribution in [2.24, 2.45) is 0 Å². The third-order valence-corrected chi connectivity index (χ3v) is 4.20. The van der Waals surface area contributed by atoms with Gasteiger partial charge in [-0.3, -0.25) is 19.4 Å². The monoisotopic (exact) mass is 367 g/mol. The van der Waals surface area contributed by atoms with Gasteiger partial charge in [0.1, 0.15) is 16.8 Å². The molecule has 1 amide bonds. The molecule has 0 saturated heterocycles. The Morgan fingerprint density at radius 2 is 2.26 bits per heavy atom. The van der Waals surface area contributed by atoms with Crippen molar-refractivity contribution in [2.45, 2.75) is 13.0 Å². The third-order valence-electron chi connectivity index (χ3n) is 4.20. The maximum absolute atomic E-state index is 12.9. The molecular weight excluding hydrogens is 346 g/mol. The number of rotatable bonds is 7. The van der Waals surface area contributed by atoms with E-state index in [1.807, 2.05) is 0 Å². The highest BCUT2D eigenvalue weighted by molar-refractivity contribution is 5.96. The van der Waals surface area contributed by atoms with Crippen LogP contribution < -0.4 is 16.4 Å². The Morgan fingerprint density at radius 3 is 3.00 bits per heavy atom. The Balaban J connectivity index is 2.30. The van der Waals surface area contributed by atoms with Crippen molar-refractivity contribution in [1.82, 2.24) is 19.3 Å². The Bertz CT molecular complexity index is 1130. The fraction of sp³-hybridized carbons (Fsp3) is 0.263. The predicted molar refractivity (Wildman–Crippen MR) is 102 cm³/mol. The minimum absolute atomic E-state index is 0.00680. The average Bonchev–Trinajstić information content (AvgIpc) is 2.68. The lowest BCUT2D eigenvalue weighted by atomic mass is 10.2. The second-order valence-corrected chi connectivity index (χ2v) is 5.99. The highest BCUT2D eigenvalue weighted by atomic mass is 16.5. The van der Waals surface area contributed by atoms with Crippen LogP contribution in [-0.2, 0) is 11.3 Å². The summed E-state index contributed by atoms with van der Waals surface area (Å²) in [6.45, 7) is 4.74. The van der Waals surface area contributed by atoms with Crippen LogP contribution in [0.4, 0.5) is 0 Å². The van der Waals surface area contributed by atoms with E-state index in [-0.39, 0.29) is 28.5 Å². The summed E-state index contributed by atoms with van der Waals surface area (Å²) in [7, 11) is 1.60. The van der Waals surface area contributed by atoms with E-state index in [1.54, 1.807) is 42.1 Å². The number of aromatic nitrogens is 3. The Labute approximate surface area is 155 Å². The average molecular weight is 367 g/mol. The molecule has 3 aromatic heterocycles. The molecule has 0 aliphatic carbocycles. The molecule has 0 unspecified atom stereocenters. The van der Waals surface area contributed by atoms with Crippen molar-refractivity contribution in [2.75, 3.05) is 20.3 Å². The number of fused-ring (bicyclic) bond motifs is 2. The van der Waals surface area contributed by atoms with Gasteiger partial charge in [0, 0.05) is 33.0 Å². The zero-order chi connectivity index (χ0) is 19.4. The molecule has 0 saturated carbocycles. The van der Waals surface area contributed by atoms with Crippen LogP contribution in [0.15, 0.2) is 47.9 Å². The number of carbonyl (C=O) groups excluding carboxylic acids is 1. The molecule has 0 aliphatic heterocycles. The van der Waals surface area contributed by atoms with Crippen molar-refractivity contribution in [3.8, 4) is 0 Å². The largest absolute Gasteiger partial charge is 0.385 e. The molecule has 0 aromatic carbocycles. The Kier molecular flexibility index (Phi) is 5.46. The highest BCUT2D eigenvalue weighted by Crippen LogP contribution is 2.11. The van der Waals surface area contributed by atoms with Gasteiger partial charge < -0.3 is 14.6 Å². The van der Waals surface area contributed by atoms with E-state index in [1.165, 1.54) is 10.5 Å². The fourth-order valence-electron chi connectivity index (χ4n) is 2.90. The van der Waals surface area contributed by atoms with E-state index < -0.39 is 5.91 Å². The van der Waals surface area contributed by atoms with Gasteiger partial charge in [-0.25, -0.2) is 4.98 Å². The van der Waals surface area contributed by atoms with E-state index >= 15 is 0 Å². The third kappa shape index (κ3) is 3.52. The van der Waals surface area contributed by atoms with Crippen LogP contribution in [0.2, 0.25) is 0 Å². The van der Waals surface area contributed by atoms with Crippen LogP contribution in [0.5, 0.6) is 0 Å². The number of hydrogen-bond acceptors (Lipinski definition) is 5. The number of nitrogens with zero attached hydrogens (tertiary/aromatic N) is 3. The van der Waals surface area contributed by atoms with Crippen molar-refractivity contribution < 1.29 is 9.53 Å². The molecular formula is C19H21N5O3. The summed E-state index contributed by atoms with van der Waals surface area (Å²) in [5, 5.41) is 11.4. The van der Waals surface area contributed by atoms with Crippen LogP contribution in [0.3, 0.4) is 0 Å². The number of amides is 1. The van der Waals surface area contributed by atoms with Gasteiger partial charge >= 0.3 is 0 Å². The lowest BCUT2D eigenvalue weighted by molar-refractivity contribution is 0.0955. The van der Waals surface area contributed by atoms with E-state index in [0.717, 1.165) is 0 Å². The van der Waals surface area contributed by atoms with Crippen molar-refractivity contribution in [1.29, 1.82) is 5.41 Å². The fourth-order valence-corrected chi connectivity index (χ4v) is 2.90. The van der Waals surface area contributed by atoms with Gasteiger partial charge in [0.25, 0.3) is 11.5 Å². The van der Waals surface area contributed by atoms with Crippen LogP contribution in [0.1, 0.15) is 16.8 Å². The first kappa shape index (κ1) is 18.5. The number of ether oxygens (including phenoxy) is 1. The first-order chi connectivity index (χ1) is 13.1. The molecule has 0 fully saturated rings. The number of hydrogen-bond donors (Lipinski definition) is 2. The second-order valence-electron chi connectivity index (χ2n) is 5.99. The molecule has 0 radical (unpaired) electrons. The smallest absolute Gasteiger partial charge is 0.267 e. The second kappa shape index (κ2) is 7.96. The molecule has 0 spiro atoms. The van der Waals surface area contributed by atoms with Gasteiger partial charge in [-0.2, -0.15) is 0 Å². The zero-order valence-electron chi connectivity index (χ0n) is 15.1. The predicted octanol–water partition coefficient (Wildman–Crippen LogP) is 1.08. The lowest BCUT2D eigenvalue weighted by Crippen LogP contribution is -2.35. The Morgan fingerprint density at radius 1 is 1.44 bits per heavy atom. The van der Waals surface area contributed by atoms with Gasteiger partial charge in [0.15, 0.2) is 0 Å². The maximum Gasteiger partial charge on any atom is 0.267 e. The SMILES string of the molecule is C=CCNC(=O)c1cc2c(=O)n3ccccc3nc2n(CCCOC)c1=N. The van der Waals surface area contributed by atoms with Crippen molar-refractivity contribution >= 4 is 22.6 Å². The summed E-state index contributed by atoms with van der Waals surface area (Å²) in [6.07, 6.45) is 3.81. The molecule has 3 aromatic rings. The molecule has 3 heterocycles. The van der Waals surface area contributed by atoms with Crippen molar-refractivity contribution in [3.05, 3.63) is 64.5 Å². The summed E-state index contributed by atoms with van der Waals surface area (Å²) < 4.78 is 8.11. The molecule has 27 heavy (non-hydrogen) atoms. The normalized spacial score (nSPS) is 11.0. The standard InChI is InChI=1S/C19H21N5O3/c1-3-8-21-18(25)13-12-14-17(24(16(13)20)10-6-11-27-2)22-15-7-4-5-9-23(15)19(14)26/h3-5,7,9,12,20H,1,6,8,10-11H2,2H3,(H,21,25). The minimum atomic E-state index is -0.431. The maximum atomic E-state index is 12.9. The first-order valence-corrected chi connectivity index (χ1v) is 8.56.